The van der Waals surface area contributed by atoms with Gasteiger partial charge in [-0.15, -0.1) is 0 Å². The Morgan fingerprint density at radius 1 is 1.26 bits per heavy atom. The zero-order chi connectivity index (χ0) is 19.8. The van der Waals surface area contributed by atoms with Gasteiger partial charge in [-0.3, -0.25) is 9.59 Å². The van der Waals surface area contributed by atoms with E-state index in [2.05, 4.69) is 5.32 Å². The van der Waals surface area contributed by atoms with E-state index in [-0.39, 0.29) is 11.8 Å². The van der Waals surface area contributed by atoms with Crippen LogP contribution in [0.1, 0.15) is 28.3 Å². The number of ether oxygens (including phenoxy) is 1. The molecular formula is C20H26N2O4S. The van der Waals surface area contributed by atoms with E-state index >= 15 is 0 Å². The summed E-state index contributed by atoms with van der Waals surface area (Å²) in [6.07, 6.45) is 2.52. The molecule has 1 heterocycles. The van der Waals surface area contributed by atoms with Crippen LogP contribution in [0.15, 0.2) is 40.8 Å². The van der Waals surface area contributed by atoms with Crippen molar-refractivity contribution in [1.29, 1.82) is 0 Å². The second-order valence-corrected chi connectivity index (χ2v) is 7.20. The number of thioether (sulfide) groups is 1. The van der Waals surface area contributed by atoms with E-state index in [0.29, 0.717) is 30.0 Å². The normalized spacial score (nSPS) is 11.7. The monoisotopic (exact) mass is 390 g/mol. The first-order valence-corrected chi connectivity index (χ1v) is 10.1. The fourth-order valence-corrected chi connectivity index (χ4v) is 3.18. The standard InChI is InChI=1S/C20H26N2O4S/c1-14-9-10-15(26-14)13-22(2)20(24)17(11-12-27-4)21-19(23)16-7-5-6-8-18(16)25-3/h5-10,17H,11-13H2,1-4H3,(H,21,23)/t17-/m0/s1. The van der Waals surface area contributed by atoms with Crippen LogP contribution in [0.25, 0.3) is 0 Å². The summed E-state index contributed by atoms with van der Waals surface area (Å²) in [5.41, 5.74) is 0.409. The number of furan rings is 1. The minimum atomic E-state index is -0.615. The van der Waals surface area contributed by atoms with Gasteiger partial charge in [0.15, 0.2) is 0 Å². The lowest BCUT2D eigenvalue weighted by Crippen LogP contribution is -2.47. The average Bonchev–Trinajstić information content (AvgIpc) is 3.08. The number of likely N-dealkylation sites (N-methyl/N-ethyl adjacent to an activating group) is 1. The molecule has 1 aromatic heterocycles. The van der Waals surface area contributed by atoms with Crippen LogP contribution < -0.4 is 10.1 Å². The van der Waals surface area contributed by atoms with Gasteiger partial charge >= 0.3 is 0 Å². The number of aryl methyl sites for hydroxylation is 1. The molecular weight excluding hydrogens is 364 g/mol. The van der Waals surface area contributed by atoms with E-state index in [4.69, 9.17) is 9.15 Å². The summed E-state index contributed by atoms with van der Waals surface area (Å²) in [5.74, 6) is 2.27. The third kappa shape index (κ3) is 5.79. The summed E-state index contributed by atoms with van der Waals surface area (Å²) in [6.45, 7) is 2.22. The van der Waals surface area contributed by atoms with Gasteiger partial charge in [0, 0.05) is 7.05 Å². The maximum absolute atomic E-state index is 12.9. The third-order valence-electron chi connectivity index (χ3n) is 4.13. The molecule has 0 radical (unpaired) electrons. The zero-order valence-electron chi connectivity index (χ0n) is 16.2. The fraction of sp³-hybridized carbons (Fsp3) is 0.400. The second kappa shape index (κ2) is 10.1. The topological polar surface area (TPSA) is 71.8 Å². The maximum Gasteiger partial charge on any atom is 0.255 e. The Balaban J connectivity index is 2.10. The summed E-state index contributed by atoms with van der Waals surface area (Å²) in [4.78, 5) is 27.2. The molecule has 0 aliphatic heterocycles. The molecule has 0 spiro atoms. The van der Waals surface area contributed by atoms with Gasteiger partial charge < -0.3 is 19.4 Å². The van der Waals surface area contributed by atoms with Crippen molar-refractivity contribution in [3.63, 3.8) is 0 Å². The zero-order valence-corrected chi connectivity index (χ0v) is 17.0. The van der Waals surface area contributed by atoms with Crippen LogP contribution >= 0.6 is 11.8 Å². The summed E-state index contributed by atoms with van der Waals surface area (Å²) in [7, 11) is 3.23. The highest BCUT2D eigenvalue weighted by Crippen LogP contribution is 2.18. The molecule has 1 atom stereocenters. The van der Waals surface area contributed by atoms with Crippen molar-refractivity contribution in [2.75, 3.05) is 26.2 Å². The van der Waals surface area contributed by atoms with Crippen molar-refractivity contribution in [2.45, 2.75) is 25.9 Å². The number of hydrogen-bond donors (Lipinski definition) is 1. The summed E-state index contributed by atoms with van der Waals surface area (Å²) >= 11 is 1.63. The van der Waals surface area contributed by atoms with Gasteiger partial charge in [0.1, 0.15) is 23.3 Å². The van der Waals surface area contributed by atoms with Crippen molar-refractivity contribution >= 4 is 23.6 Å². The number of nitrogens with one attached hydrogen (secondary N) is 1. The largest absolute Gasteiger partial charge is 0.496 e. The van der Waals surface area contributed by atoms with Crippen LogP contribution in [0, 0.1) is 6.92 Å². The van der Waals surface area contributed by atoms with Crippen molar-refractivity contribution in [3.8, 4) is 5.75 Å². The molecule has 7 heteroatoms. The number of nitrogens with zero attached hydrogens (tertiary/aromatic N) is 1. The molecule has 0 saturated carbocycles. The number of carbonyl (C=O) groups is 2. The van der Waals surface area contributed by atoms with Crippen molar-refractivity contribution in [2.24, 2.45) is 0 Å². The molecule has 27 heavy (non-hydrogen) atoms. The molecule has 1 aromatic carbocycles. The van der Waals surface area contributed by atoms with Gasteiger partial charge in [-0.1, -0.05) is 12.1 Å². The lowest BCUT2D eigenvalue weighted by atomic mass is 10.1. The molecule has 0 bridgehead atoms. The second-order valence-electron chi connectivity index (χ2n) is 6.21. The van der Waals surface area contributed by atoms with Crippen LogP contribution in [0.5, 0.6) is 5.75 Å². The van der Waals surface area contributed by atoms with Gasteiger partial charge in [-0.25, -0.2) is 0 Å². The van der Waals surface area contributed by atoms with E-state index in [9.17, 15) is 9.59 Å². The number of carbonyl (C=O) groups excluding carboxylic acids is 2. The molecule has 0 aliphatic carbocycles. The van der Waals surface area contributed by atoms with Crippen LogP contribution in [-0.4, -0.2) is 48.9 Å². The Kier molecular flexibility index (Phi) is 7.79. The van der Waals surface area contributed by atoms with Gasteiger partial charge in [-0.2, -0.15) is 11.8 Å². The molecule has 6 nitrogen and oxygen atoms in total. The molecule has 2 aromatic rings. The molecule has 2 amide bonds. The van der Waals surface area contributed by atoms with Crippen LogP contribution in [-0.2, 0) is 11.3 Å². The highest BCUT2D eigenvalue weighted by molar-refractivity contribution is 7.98. The number of hydrogen-bond acceptors (Lipinski definition) is 5. The number of methoxy groups -OCH3 is 1. The molecule has 146 valence electrons. The molecule has 0 aliphatic rings. The fourth-order valence-electron chi connectivity index (χ4n) is 2.71. The Labute approximate surface area is 164 Å². The van der Waals surface area contributed by atoms with Gasteiger partial charge in [0.25, 0.3) is 5.91 Å². The first-order valence-electron chi connectivity index (χ1n) is 8.69. The minimum Gasteiger partial charge on any atom is -0.496 e. The van der Waals surface area contributed by atoms with E-state index in [1.165, 1.54) is 7.11 Å². The van der Waals surface area contributed by atoms with Crippen molar-refractivity contribution in [1.82, 2.24) is 10.2 Å². The highest BCUT2D eigenvalue weighted by atomic mass is 32.2. The van der Waals surface area contributed by atoms with Gasteiger partial charge in [-0.05, 0) is 49.6 Å². The maximum atomic E-state index is 12.9. The van der Waals surface area contributed by atoms with E-state index in [1.54, 1.807) is 48.0 Å². The highest BCUT2D eigenvalue weighted by Gasteiger charge is 2.25. The predicted molar refractivity (Wildman–Crippen MR) is 107 cm³/mol. The Morgan fingerprint density at radius 3 is 2.63 bits per heavy atom. The minimum absolute atomic E-state index is 0.152. The molecule has 2 rings (SSSR count). The smallest absolute Gasteiger partial charge is 0.255 e. The number of benzene rings is 1. The Morgan fingerprint density at radius 2 is 2.00 bits per heavy atom. The summed E-state index contributed by atoms with van der Waals surface area (Å²) in [6, 6.07) is 10.1. The van der Waals surface area contributed by atoms with Crippen molar-refractivity contribution < 1.29 is 18.7 Å². The lowest BCUT2D eigenvalue weighted by Gasteiger charge is -2.24. The number of amides is 2. The Bertz CT molecular complexity index is 775. The van der Waals surface area contributed by atoms with Gasteiger partial charge in [0.2, 0.25) is 5.91 Å². The molecule has 0 fully saturated rings. The predicted octanol–water partition coefficient (Wildman–Crippen LogP) is 3.11. The first-order chi connectivity index (χ1) is 13.0. The van der Waals surface area contributed by atoms with Crippen LogP contribution in [0.3, 0.4) is 0 Å². The lowest BCUT2D eigenvalue weighted by molar-refractivity contribution is -0.132. The molecule has 1 N–H and O–H groups in total. The Hall–Kier alpha value is -2.41. The number of rotatable bonds is 9. The third-order valence-corrected chi connectivity index (χ3v) is 4.77. The summed E-state index contributed by atoms with van der Waals surface area (Å²) < 4.78 is 10.8. The average molecular weight is 391 g/mol. The first kappa shape index (κ1) is 20.9. The SMILES string of the molecule is COc1ccccc1C(=O)N[C@@H](CCSC)C(=O)N(C)Cc1ccc(C)o1. The quantitative estimate of drug-likeness (QED) is 0.712. The number of para-hydroxylation sites is 1. The molecule has 0 saturated heterocycles. The van der Waals surface area contributed by atoms with Crippen LogP contribution in [0.2, 0.25) is 0 Å². The summed E-state index contributed by atoms with van der Waals surface area (Å²) in [5, 5.41) is 2.86. The molecule has 0 unspecified atom stereocenters. The van der Waals surface area contributed by atoms with Crippen molar-refractivity contribution in [3.05, 3.63) is 53.5 Å². The van der Waals surface area contributed by atoms with E-state index < -0.39 is 6.04 Å². The van der Waals surface area contributed by atoms with E-state index in [1.807, 2.05) is 25.3 Å². The van der Waals surface area contributed by atoms with Crippen LogP contribution in [0.4, 0.5) is 0 Å². The van der Waals surface area contributed by atoms with E-state index in [0.717, 1.165) is 11.5 Å². The van der Waals surface area contributed by atoms with Gasteiger partial charge in [0.05, 0.1) is 19.2 Å².